The van der Waals surface area contributed by atoms with Crippen LogP contribution in [0.5, 0.6) is 0 Å². The molecule has 0 spiro atoms. The minimum atomic E-state index is 0.573. The molecule has 1 aromatic rings. The Morgan fingerprint density at radius 2 is 2.00 bits per heavy atom. The highest BCUT2D eigenvalue weighted by Gasteiger charge is 2.14. The van der Waals surface area contributed by atoms with Gasteiger partial charge in [0, 0.05) is 51.7 Å². The summed E-state index contributed by atoms with van der Waals surface area (Å²) in [7, 11) is 3.94. The van der Waals surface area contributed by atoms with Crippen LogP contribution in [-0.2, 0) is 11.3 Å². The van der Waals surface area contributed by atoms with Gasteiger partial charge in [0.15, 0.2) is 5.96 Å². The minimum Gasteiger partial charge on any atom is -0.379 e. The Morgan fingerprint density at radius 1 is 1.32 bits per heavy atom. The van der Waals surface area contributed by atoms with Crippen molar-refractivity contribution in [3.8, 4) is 0 Å². The van der Waals surface area contributed by atoms with Gasteiger partial charge in [-0.15, -0.1) is 11.8 Å². The number of aliphatic imine (C=N–C) groups is 1. The van der Waals surface area contributed by atoms with Gasteiger partial charge in [-0.25, -0.2) is 0 Å². The molecule has 1 aliphatic heterocycles. The number of hydrogen-bond acceptors (Lipinski definition) is 4. The summed E-state index contributed by atoms with van der Waals surface area (Å²) in [5, 5.41) is 3.52. The molecule has 0 saturated carbocycles. The van der Waals surface area contributed by atoms with E-state index in [-0.39, 0.29) is 0 Å². The molecule has 0 aliphatic carbocycles. The van der Waals surface area contributed by atoms with Crippen LogP contribution in [0, 0.1) is 5.92 Å². The van der Waals surface area contributed by atoms with E-state index in [1.165, 1.54) is 10.5 Å². The fourth-order valence-corrected chi connectivity index (χ4v) is 3.43. The molecular formula is C19H32N4OS. The molecule has 25 heavy (non-hydrogen) atoms. The number of ether oxygens (including phenoxy) is 1. The van der Waals surface area contributed by atoms with Crippen LogP contribution in [0.25, 0.3) is 0 Å². The van der Waals surface area contributed by atoms with Crippen molar-refractivity contribution in [3.05, 3.63) is 29.8 Å². The number of thioether (sulfide) groups is 1. The van der Waals surface area contributed by atoms with Crippen LogP contribution < -0.4 is 5.32 Å². The zero-order chi connectivity index (χ0) is 18.1. The van der Waals surface area contributed by atoms with Gasteiger partial charge in [-0.05, 0) is 29.9 Å². The Kier molecular flexibility index (Phi) is 8.58. The van der Waals surface area contributed by atoms with Crippen molar-refractivity contribution >= 4 is 17.7 Å². The first-order valence-electron chi connectivity index (χ1n) is 8.97. The predicted molar refractivity (Wildman–Crippen MR) is 107 cm³/mol. The number of guanidine groups is 1. The highest BCUT2D eigenvalue weighted by Crippen LogP contribution is 2.15. The van der Waals surface area contributed by atoms with Crippen molar-refractivity contribution in [1.82, 2.24) is 15.1 Å². The Bertz CT molecular complexity index is 529. The molecule has 0 amide bonds. The molecule has 1 aliphatic rings. The molecule has 1 unspecified atom stereocenters. The van der Waals surface area contributed by atoms with Crippen molar-refractivity contribution in [2.45, 2.75) is 18.4 Å². The van der Waals surface area contributed by atoms with Crippen LogP contribution in [0.3, 0.4) is 0 Å². The first-order valence-corrected chi connectivity index (χ1v) is 10.2. The van der Waals surface area contributed by atoms with Gasteiger partial charge in [0.1, 0.15) is 0 Å². The smallest absolute Gasteiger partial charge is 0.193 e. The lowest BCUT2D eigenvalue weighted by Gasteiger charge is -2.30. The third kappa shape index (κ3) is 6.88. The second-order valence-electron chi connectivity index (χ2n) is 6.65. The summed E-state index contributed by atoms with van der Waals surface area (Å²) in [6, 6.07) is 8.73. The Hall–Kier alpha value is -1.24. The second-order valence-corrected chi connectivity index (χ2v) is 7.53. The molecule has 0 radical (unpaired) electrons. The monoisotopic (exact) mass is 364 g/mol. The maximum absolute atomic E-state index is 5.42. The van der Waals surface area contributed by atoms with Crippen LogP contribution in [-0.4, -0.2) is 75.5 Å². The molecule has 0 bridgehead atoms. The van der Waals surface area contributed by atoms with E-state index in [1.807, 2.05) is 7.05 Å². The molecule has 1 heterocycles. The Morgan fingerprint density at radius 3 is 2.60 bits per heavy atom. The van der Waals surface area contributed by atoms with Gasteiger partial charge in [-0.1, -0.05) is 19.1 Å². The number of morpholine rings is 1. The fraction of sp³-hybridized carbons (Fsp3) is 0.632. The number of rotatable bonds is 7. The molecule has 5 nitrogen and oxygen atoms in total. The molecule has 1 aromatic carbocycles. The molecule has 140 valence electrons. The highest BCUT2D eigenvalue weighted by molar-refractivity contribution is 7.98. The number of hydrogen-bond donors (Lipinski definition) is 1. The Balaban J connectivity index is 1.77. The quantitative estimate of drug-likeness (QED) is 0.457. The zero-order valence-electron chi connectivity index (χ0n) is 16.0. The lowest BCUT2D eigenvalue weighted by molar-refractivity contribution is 0.0320. The van der Waals surface area contributed by atoms with Crippen LogP contribution in [0.2, 0.25) is 0 Å². The van der Waals surface area contributed by atoms with E-state index in [4.69, 9.17) is 4.74 Å². The van der Waals surface area contributed by atoms with Crippen LogP contribution >= 0.6 is 11.8 Å². The van der Waals surface area contributed by atoms with E-state index in [9.17, 15) is 0 Å². The summed E-state index contributed by atoms with van der Waals surface area (Å²) in [4.78, 5) is 10.4. The summed E-state index contributed by atoms with van der Waals surface area (Å²) in [5.74, 6) is 1.52. The van der Waals surface area contributed by atoms with Crippen LogP contribution in [0.1, 0.15) is 12.5 Å². The minimum absolute atomic E-state index is 0.573. The van der Waals surface area contributed by atoms with E-state index in [1.54, 1.807) is 11.8 Å². The normalized spacial score (nSPS) is 17.4. The van der Waals surface area contributed by atoms with Gasteiger partial charge in [0.05, 0.1) is 13.2 Å². The molecule has 1 fully saturated rings. The van der Waals surface area contributed by atoms with Crippen molar-refractivity contribution in [3.63, 3.8) is 0 Å². The first-order chi connectivity index (χ1) is 12.1. The van der Waals surface area contributed by atoms with Gasteiger partial charge in [0.25, 0.3) is 0 Å². The summed E-state index contributed by atoms with van der Waals surface area (Å²) in [6.07, 6.45) is 2.10. The lowest BCUT2D eigenvalue weighted by atomic mass is 10.1. The maximum Gasteiger partial charge on any atom is 0.193 e. The van der Waals surface area contributed by atoms with Crippen molar-refractivity contribution in [2.24, 2.45) is 10.9 Å². The molecule has 0 aromatic heterocycles. The van der Waals surface area contributed by atoms with Gasteiger partial charge < -0.3 is 15.0 Å². The largest absolute Gasteiger partial charge is 0.379 e. The second kappa shape index (κ2) is 10.7. The SMILES string of the molecule is CN=C(NCC(C)CN1CCOCC1)N(C)Cc1ccc(SC)cc1. The van der Waals surface area contributed by atoms with Crippen molar-refractivity contribution in [1.29, 1.82) is 0 Å². The highest BCUT2D eigenvalue weighted by atomic mass is 32.2. The molecular weight excluding hydrogens is 332 g/mol. The number of nitrogens with zero attached hydrogens (tertiary/aromatic N) is 3. The average Bonchev–Trinajstić information content (AvgIpc) is 2.63. The summed E-state index contributed by atoms with van der Waals surface area (Å²) < 4.78 is 5.42. The van der Waals surface area contributed by atoms with Gasteiger partial charge in [0.2, 0.25) is 0 Å². The van der Waals surface area contributed by atoms with Gasteiger partial charge >= 0.3 is 0 Å². The van der Waals surface area contributed by atoms with Gasteiger partial charge in [-0.3, -0.25) is 9.89 Å². The predicted octanol–water partition coefficient (Wildman–Crippen LogP) is 2.38. The van der Waals surface area contributed by atoms with Crippen LogP contribution in [0.15, 0.2) is 34.2 Å². The van der Waals surface area contributed by atoms with Crippen molar-refractivity contribution < 1.29 is 4.74 Å². The average molecular weight is 365 g/mol. The van der Waals surface area contributed by atoms with E-state index in [2.05, 4.69) is 64.6 Å². The topological polar surface area (TPSA) is 40.1 Å². The van der Waals surface area contributed by atoms with E-state index < -0.39 is 0 Å². The molecule has 2 rings (SSSR count). The van der Waals surface area contributed by atoms with E-state index in [0.29, 0.717) is 5.92 Å². The van der Waals surface area contributed by atoms with E-state index in [0.717, 1.165) is 51.9 Å². The third-order valence-corrected chi connectivity index (χ3v) is 5.18. The summed E-state index contributed by atoms with van der Waals surface area (Å²) in [6.45, 7) is 8.99. The lowest BCUT2D eigenvalue weighted by Crippen LogP contribution is -2.44. The standard InChI is InChI=1S/C19H32N4OS/c1-16(14-23-9-11-24-12-10-23)13-21-19(20-2)22(3)15-17-5-7-18(25-4)8-6-17/h5-8,16H,9-15H2,1-4H3,(H,20,21). The molecule has 1 saturated heterocycles. The number of benzene rings is 1. The fourth-order valence-electron chi connectivity index (χ4n) is 3.02. The summed E-state index contributed by atoms with van der Waals surface area (Å²) >= 11 is 1.77. The van der Waals surface area contributed by atoms with Crippen molar-refractivity contribution in [2.75, 3.05) is 59.7 Å². The summed E-state index contributed by atoms with van der Waals surface area (Å²) in [5.41, 5.74) is 1.30. The Labute approximate surface area is 156 Å². The molecule has 6 heteroatoms. The molecule has 1 atom stereocenters. The molecule has 1 N–H and O–H groups in total. The third-order valence-electron chi connectivity index (χ3n) is 4.43. The van der Waals surface area contributed by atoms with Gasteiger partial charge in [-0.2, -0.15) is 0 Å². The zero-order valence-corrected chi connectivity index (χ0v) is 16.8. The first kappa shape index (κ1) is 20.1. The number of nitrogens with one attached hydrogen (secondary N) is 1. The maximum atomic E-state index is 5.42. The van der Waals surface area contributed by atoms with Crippen LogP contribution in [0.4, 0.5) is 0 Å². The van der Waals surface area contributed by atoms with E-state index >= 15 is 0 Å².